The first kappa shape index (κ1) is 27.1. The van der Waals surface area contributed by atoms with Crippen LogP contribution in [0, 0.1) is 6.92 Å². The second kappa shape index (κ2) is 11.0. The highest BCUT2D eigenvalue weighted by molar-refractivity contribution is 6.11. The van der Waals surface area contributed by atoms with Gasteiger partial charge in [0.15, 0.2) is 12.3 Å². The molecule has 6 heteroatoms. The molecule has 40 heavy (non-hydrogen) atoms. The van der Waals surface area contributed by atoms with Crippen LogP contribution in [0.3, 0.4) is 0 Å². The summed E-state index contributed by atoms with van der Waals surface area (Å²) in [6, 6.07) is 13.7. The van der Waals surface area contributed by atoms with E-state index in [2.05, 4.69) is 77.6 Å². The van der Waals surface area contributed by atoms with E-state index in [1.54, 1.807) is 0 Å². The average Bonchev–Trinajstić information content (AvgIpc) is 3.18. The van der Waals surface area contributed by atoms with E-state index in [-0.39, 0.29) is 17.5 Å². The largest absolute Gasteiger partial charge is 0.485 e. The molecule has 6 rings (SSSR count). The molecule has 0 aliphatic carbocycles. The normalized spacial score (nSPS) is 21.1. The fourth-order valence-corrected chi connectivity index (χ4v) is 7.06. The molecule has 1 fully saturated rings. The molecule has 4 aliphatic heterocycles. The van der Waals surface area contributed by atoms with Crippen LogP contribution in [-0.2, 0) is 14.9 Å². The Morgan fingerprint density at radius 1 is 1.07 bits per heavy atom. The predicted molar refractivity (Wildman–Crippen MR) is 161 cm³/mol. The summed E-state index contributed by atoms with van der Waals surface area (Å²) in [7, 11) is 0. The Hall–Kier alpha value is -3.12. The fraction of sp³-hybridized carbons (Fsp3) is 0.529. The lowest BCUT2D eigenvalue weighted by atomic mass is 9.75. The first-order valence-electron chi connectivity index (χ1n) is 15.3. The second-order valence-corrected chi connectivity index (χ2v) is 12.3. The predicted octanol–water partition coefficient (Wildman–Crippen LogP) is 5.87. The van der Waals surface area contributed by atoms with Crippen LogP contribution in [0.2, 0.25) is 0 Å². The molecule has 2 aromatic rings. The lowest BCUT2D eigenvalue weighted by molar-refractivity contribution is -0.444. The minimum Gasteiger partial charge on any atom is -0.485 e. The SMILES string of the molecule is CCOC(=O)CCCCCN1CCN(c2ccc3c(c2)OC2CC[N+]4=C(C2=C3)C(C)(C)c2cc(C)ccc24)CC1. The van der Waals surface area contributed by atoms with Gasteiger partial charge in [-0.1, -0.05) is 18.1 Å². The highest BCUT2D eigenvalue weighted by atomic mass is 16.5. The van der Waals surface area contributed by atoms with Crippen molar-refractivity contribution in [3.05, 3.63) is 58.7 Å². The zero-order valence-corrected chi connectivity index (χ0v) is 24.7. The lowest BCUT2D eigenvalue weighted by Gasteiger charge is -2.37. The molecule has 0 saturated carbocycles. The van der Waals surface area contributed by atoms with E-state index in [1.807, 2.05) is 6.92 Å². The number of rotatable bonds is 8. The van der Waals surface area contributed by atoms with Crippen LogP contribution in [0.4, 0.5) is 11.4 Å². The van der Waals surface area contributed by atoms with Crippen molar-refractivity contribution in [1.29, 1.82) is 0 Å². The van der Waals surface area contributed by atoms with Crippen molar-refractivity contribution in [3.8, 4) is 5.75 Å². The summed E-state index contributed by atoms with van der Waals surface area (Å²) >= 11 is 0. The van der Waals surface area contributed by atoms with Crippen molar-refractivity contribution in [3.63, 3.8) is 0 Å². The van der Waals surface area contributed by atoms with E-state index in [0.717, 1.165) is 70.7 Å². The number of ether oxygens (including phenoxy) is 2. The number of carbonyl (C=O) groups is 1. The number of piperazine rings is 1. The van der Waals surface area contributed by atoms with Crippen molar-refractivity contribution in [2.24, 2.45) is 0 Å². The maximum atomic E-state index is 11.5. The third-order valence-corrected chi connectivity index (χ3v) is 9.19. The van der Waals surface area contributed by atoms with Gasteiger partial charge in [0.2, 0.25) is 5.69 Å². The maximum Gasteiger partial charge on any atom is 0.305 e. The van der Waals surface area contributed by atoms with Crippen molar-refractivity contribution < 1.29 is 18.8 Å². The molecule has 0 aromatic heterocycles. The van der Waals surface area contributed by atoms with Gasteiger partial charge < -0.3 is 14.4 Å². The number of hydrogen-bond acceptors (Lipinski definition) is 5. The third kappa shape index (κ3) is 5.07. The quantitative estimate of drug-likeness (QED) is 0.237. The molecular weight excluding hydrogens is 498 g/mol. The zero-order valence-electron chi connectivity index (χ0n) is 24.7. The van der Waals surface area contributed by atoms with Crippen molar-refractivity contribution in [2.45, 2.75) is 71.3 Å². The van der Waals surface area contributed by atoms with Gasteiger partial charge in [-0.05, 0) is 71.4 Å². The summed E-state index contributed by atoms with van der Waals surface area (Å²) in [5.74, 6) is 0.956. The average molecular weight is 543 g/mol. The van der Waals surface area contributed by atoms with Crippen LogP contribution in [0.5, 0.6) is 5.75 Å². The van der Waals surface area contributed by atoms with Gasteiger partial charge in [0.25, 0.3) is 0 Å². The van der Waals surface area contributed by atoms with Crippen LogP contribution >= 0.6 is 0 Å². The summed E-state index contributed by atoms with van der Waals surface area (Å²) in [5.41, 5.74) is 9.29. The Morgan fingerprint density at radius 3 is 2.70 bits per heavy atom. The van der Waals surface area contributed by atoms with E-state index in [1.165, 1.54) is 39.3 Å². The monoisotopic (exact) mass is 542 g/mol. The van der Waals surface area contributed by atoms with Gasteiger partial charge in [-0.15, -0.1) is 0 Å². The summed E-state index contributed by atoms with van der Waals surface area (Å²) in [6.45, 7) is 15.6. The first-order chi connectivity index (χ1) is 19.3. The van der Waals surface area contributed by atoms with Gasteiger partial charge in [-0.2, -0.15) is 4.58 Å². The van der Waals surface area contributed by atoms with Crippen LogP contribution in [0.1, 0.15) is 69.6 Å². The molecule has 4 aliphatic rings. The van der Waals surface area contributed by atoms with Crippen LogP contribution in [-0.4, -0.2) is 73.1 Å². The number of fused-ring (bicyclic) bond motifs is 5. The van der Waals surface area contributed by atoms with E-state index >= 15 is 0 Å². The number of carbonyl (C=O) groups excluding carboxylic acids is 1. The van der Waals surface area contributed by atoms with Gasteiger partial charge >= 0.3 is 5.97 Å². The maximum absolute atomic E-state index is 11.5. The number of aryl methyl sites for hydroxylation is 1. The molecule has 1 atom stereocenters. The van der Waals surface area contributed by atoms with E-state index < -0.39 is 0 Å². The standard InChI is InChI=1S/C34H44N3O3/c1-5-39-32(38)9-7-6-8-15-35-17-19-36(20-18-35)26-12-11-25-22-27-30(40-31(25)23-26)14-16-37-29-13-10-24(2)21-28(29)34(3,4)33(27)37/h10-13,21-23,30H,5-9,14-20H2,1-4H3/q+1. The molecule has 1 unspecified atom stereocenters. The Labute approximate surface area is 239 Å². The molecule has 212 valence electrons. The summed E-state index contributed by atoms with van der Waals surface area (Å²) in [5, 5.41) is 0. The van der Waals surface area contributed by atoms with Gasteiger partial charge in [-0.25, -0.2) is 0 Å². The summed E-state index contributed by atoms with van der Waals surface area (Å²) in [6.07, 6.45) is 7.20. The zero-order chi connectivity index (χ0) is 27.9. The summed E-state index contributed by atoms with van der Waals surface area (Å²) in [4.78, 5) is 16.6. The van der Waals surface area contributed by atoms with E-state index in [4.69, 9.17) is 9.47 Å². The van der Waals surface area contributed by atoms with Crippen LogP contribution in [0.15, 0.2) is 42.0 Å². The highest BCUT2D eigenvalue weighted by Gasteiger charge is 2.52. The third-order valence-electron chi connectivity index (χ3n) is 9.19. The number of unbranched alkanes of at least 4 members (excludes halogenated alkanes) is 2. The Kier molecular flexibility index (Phi) is 7.47. The Bertz CT molecular complexity index is 1350. The Balaban J connectivity index is 1.09. The molecule has 0 N–H and O–H groups in total. The number of esters is 1. The number of benzene rings is 2. The number of nitrogens with zero attached hydrogens (tertiary/aromatic N) is 3. The molecule has 0 bridgehead atoms. The smallest absolute Gasteiger partial charge is 0.305 e. The van der Waals surface area contributed by atoms with E-state index in [0.29, 0.717) is 13.0 Å². The van der Waals surface area contributed by atoms with Gasteiger partial charge in [-0.3, -0.25) is 9.69 Å². The van der Waals surface area contributed by atoms with Crippen molar-refractivity contribution in [2.75, 3.05) is 50.8 Å². The van der Waals surface area contributed by atoms with Crippen molar-refractivity contribution in [1.82, 2.24) is 4.90 Å². The molecule has 0 amide bonds. The van der Waals surface area contributed by atoms with Crippen molar-refractivity contribution >= 4 is 29.1 Å². The van der Waals surface area contributed by atoms with Gasteiger partial charge in [0.1, 0.15) is 11.9 Å². The number of hydrogen-bond donors (Lipinski definition) is 0. The second-order valence-electron chi connectivity index (χ2n) is 12.3. The first-order valence-corrected chi connectivity index (χ1v) is 15.3. The topological polar surface area (TPSA) is 45.0 Å². The molecular formula is C34H44N3O3+. The summed E-state index contributed by atoms with van der Waals surface area (Å²) < 4.78 is 14.3. The van der Waals surface area contributed by atoms with E-state index in [9.17, 15) is 4.79 Å². The molecule has 0 spiro atoms. The minimum atomic E-state index is -0.0657. The molecule has 1 saturated heterocycles. The molecule has 2 aromatic carbocycles. The fourth-order valence-electron chi connectivity index (χ4n) is 7.06. The van der Waals surface area contributed by atoms with Gasteiger partial charge in [0, 0.05) is 68.0 Å². The van der Waals surface area contributed by atoms with Crippen LogP contribution in [0.25, 0.3) is 6.08 Å². The minimum absolute atomic E-state index is 0.0345. The molecule has 0 radical (unpaired) electrons. The lowest BCUT2D eigenvalue weighted by Crippen LogP contribution is -2.46. The molecule has 4 heterocycles. The van der Waals surface area contributed by atoms with Gasteiger partial charge in [0.05, 0.1) is 17.6 Å². The highest BCUT2D eigenvalue weighted by Crippen LogP contribution is 2.47. The number of anilines is 1. The Morgan fingerprint density at radius 2 is 1.90 bits per heavy atom. The molecule has 6 nitrogen and oxygen atoms in total. The van der Waals surface area contributed by atoms with Crippen LogP contribution < -0.4 is 9.64 Å².